The van der Waals surface area contributed by atoms with E-state index in [0.717, 1.165) is 0 Å². The molecule has 1 heterocycles. The summed E-state index contributed by atoms with van der Waals surface area (Å²) in [5.41, 5.74) is 0. The van der Waals surface area contributed by atoms with Gasteiger partial charge in [0, 0.05) is 6.42 Å². The minimum atomic E-state index is -0.283. The molecule has 0 unspecified atom stereocenters. The number of esters is 1. The van der Waals surface area contributed by atoms with Gasteiger partial charge < -0.3 is 4.74 Å². The number of carbonyl (C=O) groups is 1. The predicted molar refractivity (Wildman–Crippen MR) is 33.0 cm³/mol. The van der Waals surface area contributed by atoms with Gasteiger partial charge >= 0.3 is 5.97 Å². The van der Waals surface area contributed by atoms with Gasteiger partial charge in [-0.05, 0) is 10.4 Å². The van der Waals surface area contributed by atoms with Crippen molar-refractivity contribution in [2.75, 3.05) is 0 Å². The number of ether oxygens (including phenoxy) is 1. The SMILES string of the molecule is CCC(=O)OCn1[c]nnn1. The third kappa shape index (κ3) is 2.32. The molecule has 0 saturated heterocycles. The molecule has 1 radical (unpaired) electrons. The van der Waals surface area contributed by atoms with E-state index in [1.165, 1.54) is 4.68 Å². The van der Waals surface area contributed by atoms with Crippen LogP contribution in [0.1, 0.15) is 13.3 Å². The van der Waals surface area contributed by atoms with Crippen LogP contribution in [-0.4, -0.2) is 26.2 Å². The summed E-state index contributed by atoms with van der Waals surface area (Å²) in [5.74, 6) is -0.283. The van der Waals surface area contributed by atoms with Crippen molar-refractivity contribution in [2.24, 2.45) is 0 Å². The number of carbonyl (C=O) groups excluding carboxylic acids is 1. The van der Waals surface area contributed by atoms with Gasteiger partial charge in [0.2, 0.25) is 6.33 Å². The van der Waals surface area contributed by atoms with Crippen LogP contribution in [0.3, 0.4) is 0 Å². The monoisotopic (exact) mass is 155 g/mol. The average Bonchev–Trinajstić information content (AvgIpc) is 2.52. The lowest BCUT2D eigenvalue weighted by Crippen LogP contribution is -2.08. The smallest absolute Gasteiger partial charge is 0.307 e. The lowest BCUT2D eigenvalue weighted by atomic mass is 10.5. The Bertz CT molecular complexity index is 220. The molecule has 1 rings (SSSR count). The molecule has 59 valence electrons. The van der Waals surface area contributed by atoms with Crippen molar-refractivity contribution in [3.63, 3.8) is 0 Å². The fraction of sp³-hybridized carbons (Fsp3) is 0.600. The van der Waals surface area contributed by atoms with Gasteiger partial charge in [0.15, 0.2) is 6.73 Å². The zero-order valence-electron chi connectivity index (χ0n) is 6.02. The number of aromatic nitrogens is 4. The molecule has 0 atom stereocenters. The predicted octanol–water partition coefficient (Wildman–Crippen LogP) is -0.616. The van der Waals surface area contributed by atoms with E-state index in [1.807, 2.05) is 0 Å². The summed E-state index contributed by atoms with van der Waals surface area (Å²) in [4.78, 5) is 10.6. The molecule has 1 aromatic heterocycles. The maximum Gasteiger partial charge on any atom is 0.307 e. The van der Waals surface area contributed by atoms with Gasteiger partial charge in [0.05, 0.1) is 0 Å². The van der Waals surface area contributed by atoms with Gasteiger partial charge in [-0.2, -0.15) is 4.68 Å². The largest absolute Gasteiger partial charge is 0.442 e. The fourth-order valence-corrected chi connectivity index (χ4v) is 0.450. The van der Waals surface area contributed by atoms with Crippen molar-refractivity contribution in [3.8, 4) is 0 Å². The van der Waals surface area contributed by atoms with Gasteiger partial charge in [0.1, 0.15) is 0 Å². The lowest BCUT2D eigenvalue weighted by molar-refractivity contribution is -0.147. The Kier molecular flexibility index (Phi) is 2.53. The molecular weight excluding hydrogens is 148 g/mol. The summed E-state index contributed by atoms with van der Waals surface area (Å²) < 4.78 is 5.89. The molecule has 0 N–H and O–H groups in total. The van der Waals surface area contributed by atoms with Gasteiger partial charge in [-0.3, -0.25) is 4.79 Å². The van der Waals surface area contributed by atoms with E-state index in [-0.39, 0.29) is 12.7 Å². The maximum absolute atomic E-state index is 10.6. The quantitative estimate of drug-likeness (QED) is 0.544. The third-order valence-electron chi connectivity index (χ3n) is 0.989. The van der Waals surface area contributed by atoms with E-state index >= 15 is 0 Å². The Morgan fingerprint density at radius 1 is 1.73 bits per heavy atom. The molecule has 0 aliphatic heterocycles. The normalized spacial score (nSPS) is 9.55. The highest BCUT2D eigenvalue weighted by Crippen LogP contribution is 1.86. The fourth-order valence-electron chi connectivity index (χ4n) is 0.450. The summed E-state index contributed by atoms with van der Waals surface area (Å²) in [6.07, 6.45) is 2.73. The van der Waals surface area contributed by atoms with Gasteiger partial charge in [-0.25, -0.2) is 0 Å². The topological polar surface area (TPSA) is 69.9 Å². The minimum Gasteiger partial charge on any atom is -0.442 e. The summed E-state index contributed by atoms with van der Waals surface area (Å²) in [6.45, 7) is 1.74. The van der Waals surface area contributed by atoms with Gasteiger partial charge in [-0.1, -0.05) is 6.92 Å². The van der Waals surface area contributed by atoms with Crippen molar-refractivity contribution >= 4 is 5.97 Å². The first-order valence-corrected chi connectivity index (χ1v) is 3.12. The van der Waals surface area contributed by atoms with Crippen LogP contribution >= 0.6 is 0 Å². The lowest BCUT2D eigenvalue weighted by Gasteiger charge is -1.99. The van der Waals surface area contributed by atoms with E-state index in [2.05, 4.69) is 26.6 Å². The second kappa shape index (κ2) is 3.65. The first-order valence-electron chi connectivity index (χ1n) is 3.12. The van der Waals surface area contributed by atoms with Crippen LogP contribution in [0.4, 0.5) is 0 Å². The Morgan fingerprint density at radius 3 is 3.09 bits per heavy atom. The Hall–Kier alpha value is -1.46. The number of hydrogen-bond donors (Lipinski definition) is 0. The molecule has 0 fully saturated rings. The highest BCUT2D eigenvalue weighted by Gasteiger charge is 1.98. The molecule has 0 aliphatic carbocycles. The number of tetrazole rings is 1. The highest BCUT2D eigenvalue weighted by atomic mass is 16.5. The standard InChI is InChI=1S/C5H7N4O2/c1-2-5(10)11-4-9-3-6-7-8-9/h2,4H2,1H3. The van der Waals surface area contributed by atoms with E-state index in [1.54, 1.807) is 6.92 Å². The van der Waals surface area contributed by atoms with Crippen molar-refractivity contribution in [2.45, 2.75) is 20.1 Å². The highest BCUT2D eigenvalue weighted by molar-refractivity contribution is 5.68. The zero-order valence-corrected chi connectivity index (χ0v) is 6.02. The summed E-state index contributed by atoms with van der Waals surface area (Å²) in [5, 5.41) is 10.00. The van der Waals surface area contributed by atoms with Crippen LogP contribution in [0.25, 0.3) is 0 Å². The third-order valence-corrected chi connectivity index (χ3v) is 0.989. The minimum absolute atomic E-state index is 0.0275. The van der Waals surface area contributed by atoms with Crippen LogP contribution in [0.5, 0.6) is 0 Å². The molecule has 0 spiro atoms. The first-order chi connectivity index (χ1) is 5.33. The molecular formula is C5H7N4O2. The number of nitrogens with zero attached hydrogens (tertiary/aromatic N) is 4. The molecule has 0 saturated carbocycles. The molecule has 6 nitrogen and oxygen atoms in total. The van der Waals surface area contributed by atoms with Crippen molar-refractivity contribution in [1.82, 2.24) is 20.2 Å². The molecule has 0 aliphatic rings. The summed E-state index contributed by atoms with van der Waals surface area (Å²) in [6, 6.07) is 0. The Labute approximate surface area is 63.1 Å². The molecule has 0 amide bonds. The summed E-state index contributed by atoms with van der Waals surface area (Å²) in [7, 11) is 0. The number of rotatable bonds is 3. The maximum atomic E-state index is 10.6. The van der Waals surface area contributed by atoms with Crippen LogP contribution in [0, 0.1) is 6.33 Å². The molecule has 0 aromatic carbocycles. The Morgan fingerprint density at radius 2 is 2.55 bits per heavy atom. The van der Waals surface area contributed by atoms with Crippen LogP contribution in [0.2, 0.25) is 0 Å². The second-order valence-corrected chi connectivity index (χ2v) is 1.78. The first kappa shape index (κ1) is 7.64. The molecule has 11 heavy (non-hydrogen) atoms. The summed E-state index contributed by atoms with van der Waals surface area (Å²) >= 11 is 0. The molecule has 1 aromatic rings. The molecule has 6 heteroatoms. The van der Waals surface area contributed by atoms with Crippen LogP contribution in [-0.2, 0) is 16.3 Å². The number of hydrogen-bond acceptors (Lipinski definition) is 5. The van der Waals surface area contributed by atoms with E-state index in [0.29, 0.717) is 6.42 Å². The van der Waals surface area contributed by atoms with E-state index in [9.17, 15) is 4.79 Å². The zero-order chi connectivity index (χ0) is 8.10. The van der Waals surface area contributed by atoms with Gasteiger partial charge in [0.25, 0.3) is 0 Å². The average molecular weight is 155 g/mol. The van der Waals surface area contributed by atoms with Crippen molar-refractivity contribution in [1.29, 1.82) is 0 Å². The van der Waals surface area contributed by atoms with Crippen molar-refractivity contribution < 1.29 is 9.53 Å². The van der Waals surface area contributed by atoms with Gasteiger partial charge in [-0.15, -0.1) is 5.10 Å². The van der Waals surface area contributed by atoms with Crippen molar-refractivity contribution in [3.05, 3.63) is 6.33 Å². The Balaban J connectivity index is 2.29. The van der Waals surface area contributed by atoms with E-state index < -0.39 is 0 Å². The van der Waals surface area contributed by atoms with Crippen LogP contribution in [0.15, 0.2) is 0 Å². The van der Waals surface area contributed by atoms with E-state index in [4.69, 9.17) is 0 Å². The van der Waals surface area contributed by atoms with Crippen LogP contribution < -0.4 is 0 Å². The molecule has 0 bridgehead atoms. The second-order valence-electron chi connectivity index (χ2n) is 1.78.